The van der Waals surface area contributed by atoms with Crippen LogP contribution in [0.4, 0.5) is 0 Å². The molecule has 2 N–H and O–H groups in total. The molecule has 1 aliphatic rings. The van der Waals surface area contributed by atoms with Gasteiger partial charge in [-0.15, -0.1) is 0 Å². The van der Waals surface area contributed by atoms with Gasteiger partial charge in [0, 0.05) is 37.0 Å². The second-order valence-electron chi connectivity index (χ2n) is 8.13. The van der Waals surface area contributed by atoms with Crippen molar-refractivity contribution in [3.05, 3.63) is 41.2 Å². The molecule has 1 aliphatic carbocycles. The first-order valence-electron chi connectivity index (χ1n) is 10.5. The number of primary amides is 1. The fraction of sp³-hybridized carbons (Fsp3) is 0.364. The van der Waals surface area contributed by atoms with Crippen molar-refractivity contribution in [2.45, 2.75) is 31.7 Å². The number of rotatable bonds is 4. The van der Waals surface area contributed by atoms with E-state index in [2.05, 4.69) is 15.0 Å². The Labute approximate surface area is 183 Å². The molecule has 0 spiro atoms. The van der Waals surface area contributed by atoms with Crippen LogP contribution >= 0.6 is 0 Å². The number of ether oxygens (including phenoxy) is 1. The highest BCUT2D eigenvalue weighted by molar-refractivity contribution is 6.00. The number of hydrogen-bond acceptors (Lipinski definition) is 7. The SMILES string of the molecule is COc1ncc(-c2ccc3ncc4c(c3n2)n(C2CCC(C(N)=O)CC2)c(=O)n4C)cn1. The lowest BCUT2D eigenvalue weighted by Crippen LogP contribution is -2.32. The highest BCUT2D eigenvalue weighted by Crippen LogP contribution is 2.35. The molecule has 1 saturated carbocycles. The molecule has 0 radical (unpaired) electrons. The van der Waals surface area contributed by atoms with Gasteiger partial charge < -0.3 is 10.5 Å². The van der Waals surface area contributed by atoms with Crippen molar-refractivity contribution in [1.82, 2.24) is 29.1 Å². The summed E-state index contributed by atoms with van der Waals surface area (Å²) in [7, 11) is 3.25. The predicted molar refractivity (Wildman–Crippen MR) is 118 cm³/mol. The number of carbonyl (C=O) groups excluding carboxylic acids is 1. The first-order chi connectivity index (χ1) is 15.5. The molecule has 0 aliphatic heterocycles. The molecule has 4 aromatic heterocycles. The molecule has 164 valence electrons. The second-order valence-corrected chi connectivity index (χ2v) is 8.13. The average molecular weight is 433 g/mol. The summed E-state index contributed by atoms with van der Waals surface area (Å²) >= 11 is 0. The Morgan fingerprint density at radius 2 is 1.81 bits per heavy atom. The molecule has 4 heterocycles. The molecule has 32 heavy (non-hydrogen) atoms. The third-order valence-electron chi connectivity index (χ3n) is 6.33. The Bertz CT molecular complexity index is 1380. The standard InChI is InChI=1S/C22H23N7O3/c1-28-17-11-24-16-8-7-15(13-9-25-21(32-2)26-10-13)27-18(16)19(17)29(22(28)31)14-5-3-12(4-6-14)20(23)30/h7-12,14H,3-6H2,1-2H3,(H2,23,30). The number of methoxy groups -OCH3 is 1. The van der Waals surface area contributed by atoms with Gasteiger partial charge in [0.15, 0.2) is 0 Å². The number of nitrogens with two attached hydrogens (primary N) is 1. The molecule has 1 amide bonds. The molecular weight excluding hydrogens is 410 g/mol. The van der Waals surface area contributed by atoms with E-state index >= 15 is 0 Å². The number of aryl methyl sites for hydroxylation is 1. The smallest absolute Gasteiger partial charge is 0.329 e. The number of fused-ring (bicyclic) bond motifs is 3. The summed E-state index contributed by atoms with van der Waals surface area (Å²) in [5.41, 5.74) is 9.60. The van der Waals surface area contributed by atoms with Gasteiger partial charge in [0.1, 0.15) is 5.52 Å². The van der Waals surface area contributed by atoms with E-state index in [1.807, 2.05) is 16.7 Å². The number of carbonyl (C=O) groups is 1. The summed E-state index contributed by atoms with van der Waals surface area (Å²) in [4.78, 5) is 42.5. The maximum absolute atomic E-state index is 13.2. The maximum atomic E-state index is 13.2. The third-order valence-corrected chi connectivity index (χ3v) is 6.33. The minimum Gasteiger partial charge on any atom is -0.467 e. The number of pyridine rings is 2. The van der Waals surface area contributed by atoms with Crippen LogP contribution < -0.4 is 16.2 Å². The Morgan fingerprint density at radius 3 is 2.47 bits per heavy atom. The van der Waals surface area contributed by atoms with Gasteiger partial charge in [-0.05, 0) is 37.8 Å². The van der Waals surface area contributed by atoms with E-state index in [0.29, 0.717) is 42.4 Å². The highest BCUT2D eigenvalue weighted by Gasteiger charge is 2.29. The fourth-order valence-electron chi connectivity index (χ4n) is 4.56. The molecular formula is C22H23N7O3. The summed E-state index contributed by atoms with van der Waals surface area (Å²) in [5.74, 6) is -0.397. The maximum Gasteiger partial charge on any atom is 0.329 e. The van der Waals surface area contributed by atoms with Crippen molar-refractivity contribution in [3.63, 3.8) is 0 Å². The zero-order valence-corrected chi connectivity index (χ0v) is 17.9. The Balaban J connectivity index is 1.67. The van der Waals surface area contributed by atoms with Gasteiger partial charge in [-0.25, -0.2) is 19.7 Å². The van der Waals surface area contributed by atoms with Crippen LogP contribution in [0.3, 0.4) is 0 Å². The van der Waals surface area contributed by atoms with Crippen molar-refractivity contribution < 1.29 is 9.53 Å². The van der Waals surface area contributed by atoms with Crippen molar-refractivity contribution in [2.24, 2.45) is 18.7 Å². The average Bonchev–Trinajstić information content (AvgIpc) is 3.09. The summed E-state index contributed by atoms with van der Waals surface area (Å²) in [6, 6.07) is 3.99. The topological polar surface area (TPSA) is 131 Å². The second kappa shape index (κ2) is 7.70. The summed E-state index contributed by atoms with van der Waals surface area (Å²) < 4.78 is 8.45. The van der Waals surface area contributed by atoms with E-state index in [0.717, 1.165) is 16.6 Å². The van der Waals surface area contributed by atoms with Gasteiger partial charge in [0.25, 0.3) is 0 Å². The highest BCUT2D eigenvalue weighted by atomic mass is 16.5. The predicted octanol–water partition coefficient (Wildman–Crippen LogP) is 1.97. The quantitative estimate of drug-likeness (QED) is 0.520. The minimum atomic E-state index is -0.267. The molecule has 0 unspecified atom stereocenters. The minimum absolute atomic E-state index is 0.0258. The van der Waals surface area contributed by atoms with E-state index in [4.69, 9.17) is 15.5 Å². The van der Waals surface area contributed by atoms with Gasteiger partial charge in [-0.3, -0.25) is 18.9 Å². The number of amides is 1. The fourth-order valence-corrected chi connectivity index (χ4v) is 4.56. The third kappa shape index (κ3) is 3.19. The zero-order chi connectivity index (χ0) is 22.4. The van der Waals surface area contributed by atoms with Crippen LogP contribution in [0.1, 0.15) is 31.7 Å². The summed E-state index contributed by atoms with van der Waals surface area (Å²) in [5, 5.41) is 0. The van der Waals surface area contributed by atoms with Crippen LogP contribution in [0.15, 0.2) is 35.5 Å². The molecule has 0 saturated heterocycles. The first-order valence-corrected chi connectivity index (χ1v) is 10.5. The van der Waals surface area contributed by atoms with Crippen molar-refractivity contribution in [3.8, 4) is 17.3 Å². The van der Waals surface area contributed by atoms with Gasteiger partial charge in [0.2, 0.25) is 5.91 Å². The zero-order valence-electron chi connectivity index (χ0n) is 17.9. The van der Waals surface area contributed by atoms with E-state index in [9.17, 15) is 9.59 Å². The number of imidazole rings is 1. The lowest BCUT2D eigenvalue weighted by Gasteiger charge is -2.27. The molecule has 10 nitrogen and oxygen atoms in total. The van der Waals surface area contributed by atoms with Crippen LogP contribution in [0, 0.1) is 5.92 Å². The Kier molecular flexibility index (Phi) is 4.84. The lowest BCUT2D eigenvalue weighted by atomic mass is 9.85. The van der Waals surface area contributed by atoms with Crippen LogP contribution in [0.5, 0.6) is 6.01 Å². The molecule has 10 heteroatoms. The number of hydrogen-bond donors (Lipinski definition) is 1. The molecule has 0 atom stereocenters. The van der Waals surface area contributed by atoms with Gasteiger partial charge in [-0.1, -0.05) is 0 Å². The first kappa shape index (κ1) is 20.1. The van der Waals surface area contributed by atoms with Crippen molar-refractivity contribution in [2.75, 3.05) is 7.11 Å². The number of aromatic nitrogens is 6. The van der Waals surface area contributed by atoms with Gasteiger partial charge >= 0.3 is 11.7 Å². The molecule has 4 aromatic rings. The molecule has 0 bridgehead atoms. The van der Waals surface area contributed by atoms with Crippen LogP contribution in [-0.2, 0) is 11.8 Å². The summed E-state index contributed by atoms with van der Waals surface area (Å²) in [6.07, 6.45) is 7.78. The van der Waals surface area contributed by atoms with Crippen molar-refractivity contribution >= 4 is 28.0 Å². The van der Waals surface area contributed by atoms with Crippen LogP contribution in [0.25, 0.3) is 33.3 Å². The van der Waals surface area contributed by atoms with Crippen molar-refractivity contribution in [1.29, 1.82) is 0 Å². The van der Waals surface area contributed by atoms with E-state index in [1.54, 1.807) is 30.2 Å². The molecule has 0 aromatic carbocycles. The normalized spacial score (nSPS) is 18.8. The van der Waals surface area contributed by atoms with Gasteiger partial charge in [0.05, 0.1) is 35.6 Å². The summed E-state index contributed by atoms with van der Waals surface area (Å²) in [6.45, 7) is 0. The Morgan fingerprint density at radius 1 is 1.09 bits per heavy atom. The monoisotopic (exact) mass is 433 g/mol. The Hall–Kier alpha value is -3.82. The molecule has 1 fully saturated rings. The van der Waals surface area contributed by atoms with Gasteiger partial charge in [-0.2, -0.15) is 0 Å². The number of nitrogens with zero attached hydrogens (tertiary/aromatic N) is 6. The van der Waals surface area contributed by atoms with Crippen LogP contribution in [-0.4, -0.2) is 42.1 Å². The van der Waals surface area contributed by atoms with Crippen LogP contribution in [0.2, 0.25) is 0 Å². The van der Waals surface area contributed by atoms with E-state index < -0.39 is 0 Å². The molecule has 5 rings (SSSR count). The lowest BCUT2D eigenvalue weighted by molar-refractivity contribution is -0.122. The van der Waals surface area contributed by atoms with E-state index in [1.165, 1.54) is 7.11 Å². The largest absolute Gasteiger partial charge is 0.467 e. The van der Waals surface area contributed by atoms with E-state index in [-0.39, 0.29) is 29.6 Å².